The Hall–Kier alpha value is -1.09. The van der Waals surface area contributed by atoms with Gasteiger partial charge in [-0.3, -0.25) is 9.78 Å². The van der Waals surface area contributed by atoms with Gasteiger partial charge in [0.1, 0.15) is 0 Å². The van der Waals surface area contributed by atoms with E-state index in [0.29, 0.717) is 22.5 Å². The van der Waals surface area contributed by atoms with Crippen molar-refractivity contribution in [2.45, 2.75) is 32.2 Å². The van der Waals surface area contributed by atoms with Crippen molar-refractivity contribution < 1.29 is 4.79 Å². The second kappa shape index (κ2) is 4.83. The molecule has 0 aromatic carbocycles. The fourth-order valence-corrected chi connectivity index (χ4v) is 2.12. The predicted molar refractivity (Wildman–Crippen MR) is 63.5 cm³/mol. The largest absolute Gasteiger partial charge is 0.349 e. The van der Waals surface area contributed by atoms with Crippen LogP contribution in [0.25, 0.3) is 0 Å². The molecular weight excluding hydrogens is 224 g/mol. The molecule has 0 aliphatic heterocycles. The highest BCUT2D eigenvalue weighted by atomic mass is 35.5. The topological polar surface area (TPSA) is 42.0 Å². The summed E-state index contributed by atoms with van der Waals surface area (Å²) >= 11 is 5.90. The Balaban J connectivity index is 1.92. The van der Waals surface area contributed by atoms with E-state index < -0.39 is 0 Å². The maximum absolute atomic E-state index is 11.8. The number of nitrogens with one attached hydrogen (secondary N) is 1. The van der Waals surface area contributed by atoms with Crippen LogP contribution in [-0.2, 0) is 0 Å². The number of rotatable bonds is 4. The Morgan fingerprint density at radius 2 is 2.50 bits per heavy atom. The number of carbonyl (C=O) groups is 1. The van der Waals surface area contributed by atoms with Crippen LogP contribution in [0, 0.1) is 5.92 Å². The molecule has 2 unspecified atom stereocenters. The molecule has 1 heterocycles. The number of aromatic nitrogens is 1. The first-order valence-electron chi connectivity index (χ1n) is 5.62. The summed E-state index contributed by atoms with van der Waals surface area (Å²) in [4.78, 5) is 15.7. The molecule has 1 amide bonds. The van der Waals surface area contributed by atoms with Crippen molar-refractivity contribution in [3.63, 3.8) is 0 Å². The predicted octanol–water partition coefficient (Wildman–Crippen LogP) is 2.65. The molecule has 2 atom stereocenters. The van der Waals surface area contributed by atoms with Crippen LogP contribution >= 0.6 is 11.6 Å². The summed E-state index contributed by atoms with van der Waals surface area (Å²) < 4.78 is 0. The van der Waals surface area contributed by atoms with Gasteiger partial charge in [-0.25, -0.2) is 0 Å². The molecule has 86 valence electrons. The Bertz CT molecular complexity index is 394. The molecule has 1 aromatic heterocycles. The molecule has 1 aliphatic rings. The minimum absolute atomic E-state index is 0.0870. The highest BCUT2D eigenvalue weighted by Gasteiger charge is 2.37. The van der Waals surface area contributed by atoms with Gasteiger partial charge in [-0.2, -0.15) is 0 Å². The molecule has 1 saturated carbocycles. The molecule has 1 aromatic rings. The molecule has 4 heteroatoms. The smallest absolute Gasteiger partial charge is 0.253 e. The van der Waals surface area contributed by atoms with Crippen molar-refractivity contribution in [3.05, 3.63) is 29.0 Å². The lowest BCUT2D eigenvalue weighted by Crippen LogP contribution is -2.27. The summed E-state index contributed by atoms with van der Waals surface area (Å²) in [6.45, 7) is 2.16. The van der Waals surface area contributed by atoms with Crippen LogP contribution in [0.4, 0.5) is 0 Å². The zero-order valence-electron chi connectivity index (χ0n) is 9.24. The SMILES string of the molecule is CCCC1CC1NC(=O)c1ccncc1Cl. The fraction of sp³-hybridized carbons (Fsp3) is 0.500. The summed E-state index contributed by atoms with van der Waals surface area (Å²) in [7, 11) is 0. The lowest BCUT2D eigenvalue weighted by molar-refractivity contribution is 0.0949. The Kier molecular flexibility index (Phi) is 3.44. The summed E-state index contributed by atoms with van der Waals surface area (Å²) in [5, 5.41) is 3.40. The molecule has 2 rings (SSSR count). The molecule has 0 spiro atoms. The third-order valence-electron chi connectivity index (χ3n) is 2.92. The minimum atomic E-state index is -0.0870. The average Bonchev–Trinajstić information content (AvgIpc) is 2.97. The van der Waals surface area contributed by atoms with Crippen molar-refractivity contribution >= 4 is 17.5 Å². The number of nitrogens with zero attached hydrogens (tertiary/aromatic N) is 1. The van der Waals surface area contributed by atoms with E-state index in [1.54, 1.807) is 12.3 Å². The van der Waals surface area contributed by atoms with Gasteiger partial charge in [0.05, 0.1) is 10.6 Å². The van der Waals surface area contributed by atoms with Gasteiger partial charge in [-0.1, -0.05) is 24.9 Å². The summed E-state index contributed by atoms with van der Waals surface area (Å²) in [6.07, 6.45) is 6.54. The van der Waals surface area contributed by atoms with Gasteiger partial charge in [-0.05, 0) is 24.8 Å². The van der Waals surface area contributed by atoms with Crippen molar-refractivity contribution in [2.75, 3.05) is 0 Å². The normalized spacial score (nSPS) is 22.9. The highest BCUT2D eigenvalue weighted by Crippen LogP contribution is 2.34. The molecule has 1 fully saturated rings. The maximum atomic E-state index is 11.8. The van der Waals surface area contributed by atoms with E-state index in [-0.39, 0.29) is 5.91 Å². The van der Waals surface area contributed by atoms with E-state index in [2.05, 4.69) is 17.2 Å². The van der Waals surface area contributed by atoms with Crippen molar-refractivity contribution in [1.82, 2.24) is 10.3 Å². The first kappa shape index (κ1) is 11.4. The van der Waals surface area contributed by atoms with Gasteiger partial charge in [0, 0.05) is 18.4 Å². The van der Waals surface area contributed by atoms with Gasteiger partial charge < -0.3 is 5.32 Å². The van der Waals surface area contributed by atoms with Crippen LogP contribution in [0.2, 0.25) is 5.02 Å². The van der Waals surface area contributed by atoms with Crippen LogP contribution in [0.15, 0.2) is 18.5 Å². The van der Waals surface area contributed by atoms with Crippen LogP contribution < -0.4 is 5.32 Å². The number of halogens is 1. The third-order valence-corrected chi connectivity index (χ3v) is 3.22. The standard InChI is InChI=1S/C12H15ClN2O/c1-2-3-8-6-11(8)15-12(16)9-4-5-14-7-10(9)13/h4-5,7-8,11H,2-3,6H2,1H3,(H,15,16). The van der Waals surface area contributed by atoms with Crippen molar-refractivity contribution in [1.29, 1.82) is 0 Å². The summed E-state index contributed by atoms with van der Waals surface area (Å²) in [6, 6.07) is 1.99. The van der Waals surface area contributed by atoms with Crippen LogP contribution in [-0.4, -0.2) is 16.9 Å². The van der Waals surface area contributed by atoms with E-state index in [1.807, 2.05) is 0 Å². The lowest BCUT2D eigenvalue weighted by atomic mass is 10.2. The number of hydrogen-bond acceptors (Lipinski definition) is 2. The number of pyridine rings is 1. The molecule has 0 saturated heterocycles. The van der Waals surface area contributed by atoms with Crippen LogP contribution in [0.3, 0.4) is 0 Å². The molecular formula is C12H15ClN2O. The molecule has 3 nitrogen and oxygen atoms in total. The summed E-state index contributed by atoms with van der Waals surface area (Å²) in [5.41, 5.74) is 0.513. The Morgan fingerprint density at radius 3 is 3.19 bits per heavy atom. The zero-order chi connectivity index (χ0) is 11.5. The molecule has 1 N–H and O–H groups in total. The number of hydrogen-bond donors (Lipinski definition) is 1. The molecule has 16 heavy (non-hydrogen) atoms. The van der Waals surface area contributed by atoms with Crippen LogP contribution in [0.5, 0.6) is 0 Å². The highest BCUT2D eigenvalue weighted by molar-refractivity contribution is 6.33. The lowest BCUT2D eigenvalue weighted by Gasteiger charge is -2.05. The number of carbonyl (C=O) groups excluding carboxylic acids is 1. The molecule has 1 aliphatic carbocycles. The molecule has 0 radical (unpaired) electrons. The maximum Gasteiger partial charge on any atom is 0.253 e. The van der Waals surface area contributed by atoms with E-state index >= 15 is 0 Å². The van der Waals surface area contributed by atoms with E-state index in [1.165, 1.54) is 19.0 Å². The van der Waals surface area contributed by atoms with Gasteiger partial charge >= 0.3 is 0 Å². The first-order valence-corrected chi connectivity index (χ1v) is 6.00. The first-order chi connectivity index (χ1) is 7.72. The number of amides is 1. The zero-order valence-corrected chi connectivity index (χ0v) is 10.00. The fourth-order valence-electron chi connectivity index (χ4n) is 1.92. The Morgan fingerprint density at radius 1 is 1.69 bits per heavy atom. The second-order valence-corrected chi connectivity index (χ2v) is 4.63. The van der Waals surface area contributed by atoms with Gasteiger partial charge in [-0.15, -0.1) is 0 Å². The van der Waals surface area contributed by atoms with E-state index in [0.717, 1.165) is 6.42 Å². The third kappa shape index (κ3) is 2.53. The van der Waals surface area contributed by atoms with Crippen LogP contribution in [0.1, 0.15) is 36.5 Å². The van der Waals surface area contributed by atoms with Crippen molar-refractivity contribution in [3.8, 4) is 0 Å². The van der Waals surface area contributed by atoms with Gasteiger partial charge in [0.25, 0.3) is 5.91 Å². The summed E-state index contributed by atoms with van der Waals surface area (Å²) in [5.74, 6) is 0.575. The average molecular weight is 239 g/mol. The van der Waals surface area contributed by atoms with E-state index in [4.69, 9.17) is 11.6 Å². The second-order valence-electron chi connectivity index (χ2n) is 4.22. The van der Waals surface area contributed by atoms with E-state index in [9.17, 15) is 4.79 Å². The molecule has 0 bridgehead atoms. The van der Waals surface area contributed by atoms with Gasteiger partial charge in [0.2, 0.25) is 0 Å². The van der Waals surface area contributed by atoms with Crippen molar-refractivity contribution in [2.24, 2.45) is 5.92 Å². The quantitative estimate of drug-likeness (QED) is 0.876. The van der Waals surface area contributed by atoms with Gasteiger partial charge in [0.15, 0.2) is 0 Å². The monoisotopic (exact) mass is 238 g/mol. The minimum Gasteiger partial charge on any atom is -0.349 e. The Labute approximate surface area is 100 Å².